The van der Waals surface area contributed by atoms with Crippen molar-refractivity contribution in [1.82, 2.24) is 20.2 Å². The molecule has 6 nitrogen and oxygen atoms in total. The van der Waals surface area contributed by atoms with Gasteiger partial charge in [-0.15, -0.1) is 0 Å². The monoisotopic (exact) mass is 489 g/mol. The third-order valence-electron chi connectivity index (χ3n) is 7.02. The largest absolute Gasteiger partial charge is 0.357 e. The van der Waals surface area contributed by atoms with Gasteiger partial charge in [-0.2, -0.15) is 0 Å². The number of benzene rings is 1. The number of carbonyl (C=O) groups excluding carboxylic acids is 1. The van der Waals surface area contributed by atoms with Crippen molar-refractivity contribution < 1.29 is 4.79 Å². The molecule has 2 aliphatic heterocycles. The summed E-state index contributed by atoms with van der Waals surface area (Å²) in [5.74, 6) is 1.05. The molecule has 0 spiro atoms. The van der Waals surface area contributed by atoms with Crippen LogP contribution < -0.4 is 10.2 Å². The van der Waals surface area contributed by atoms with Crippen LogP contribution in [0.2, 0.25) is 5.02 Å². The van der Waals surface area contributed by atoms with E-state index in [-0.39, 0.29) is 11.9 Å². The van der Waals surface area contributed by atoms with Crippen LogP contribution in [0, 0.1) is 0 Å². The Morgan fingerprint density at radius 1 is 1.00 bits per heavy atom. The predicted molar refractivity (Wildman–Crippen MR) is 141 cm³/mol. The summed E-state index contributed by atoms with van der Waals surface area (Å²) in [4.78, 5) is 26.7. The van der Waals surface area contributed by atoms with Gasteiger partial charge in [-0.1, -0.05) is 23.7 Å². The molecule has 7 heteroatoms. The number of nitrogens with one attached hydrogen (secondary N) is 1. The highest BCUT2D eigenvalue weighted by atomic mass is 35.5. The van der Waals surface area contributed by atoms with Gasteiger partial charge in [-0.05, 0) is 68.0 Å². The van der Waals surface area contributed by atoms with E-state index in [4.69, 9.17) is 16.6 Å². The molecule has 2 aliphatic rings. The fourth-order valence-corrected chi connectivity index (χ4v) is 5.22. The van der Waals surface area contributed by atoms with Gasteiger partial charge in [0.25, 0.3) is 5.91 Å². The van der Waals surface area contributed by atoms with E-state index in [1.807, 2.05) is 24.4 Å². The first kappa shape index (κ1) is 23.8. The zero-order chi connectivity index (χ0) is 24.0. The van der Waals surface area contributed by atoms with Gasteiger partial charge in [0.15, 0.2) is 0 Å². The smallest absolute Gasteiger partial charge is 0.251 e. The molecule has 0 saturated carbocycles. The third-order valence-corrected chi connectivity index (χ3v) is 7.35. The highest BCUT2D eigenvalue weighted by Crippen LogP contribution is 2.28. The molecule has 2 aromatic heterocycles. The van der Waals surface area contributed by atoms with E-state index in [2.05, 4.69) is 32.2 Å². The standard InChI is InChI=1S/C28H32ClN5O/c29-26-8-7-22(17-25(26)23-5-4-12-30-19-23)28(35)32-24-10-15-33(16-11-24)20-21-6-9-27(31-18-21)34-13-2-1-3-14-34/h4-9,12,17-19,24H,1-3,10-11,13-16,20H2,(H,32,35). The minimum atomic E-state index is -0.0530. The molecule has 0 aliphatic carbocycles. The summed E-state index contributed by atoms with van der Waals surface area (Å²) in [6.07, 6.45) is 11.2. The lowest BCUT2D eigenvalue weighted by molar-refractivity contribution is 0.0909. The van der Waals surface area contributed by atoms with Crippen LogP contribution in [0.4, 0.5) is 5.82 Å². The van der Waals surface area contributed by atoms with Crippen molar-refractivity contribution in [3.8, 4) is 11.1 Å². The van der Waals surface area contributed by atoms with Crippen molar-refractivity contribution in [3.63, 3.8) is 0 Å². The lowest BCUT2D eigenvalue weighted by Gasteiger charge is -2.32. The van der Waals surface area contributed by atoms with E-state index in [0.29, 0.717) is 10.6 Å². The molecular formula is C28H32ClN5O. The number of amides is 1. The minimum Gasteiger partial charge on any atom is -0.357 e. The molecule has 1 aromatic carbocycles. The number of likely N-dealkylation sites (tertiary alicyclic amines) is 1. The molecule has 0 atom stereocenters. The number of piperidine rings is 2. The van der Waals surface area contributed by atoms with Crippen LogP contribution >= 0.6 is 11.6 Å². The summed E-state index contributed by atoms with van der Waals surface area (Å²) < 4.78 is 0. The Hall–Kier alpha value is -2.96. The van der Waals surface area contributed by atoms with E-state index in [9.17, 15) is 4.79 Å². The van der Waals surface area contributed by atoms with Gasteiger partial charge in [-0.3, -0.25) is 14.7 Å². The number of pyridine rings is 2. The van der Waals surface area contributed by atoms with Crippen molar-refractivity contribution in [1.29, 1.82) is 0 Å². The lowest BCUT2D eigenvalue weighted by Crippen LogP contribution is -2.44. The number of rotatable bonds is 6. The number of nitrogens with zero attached hydrogens (tertiary/aromatic N) is 4. The fourth-order valence-electron chi connectivity index (χ4n) is 4.99. The van der Waals surface area contributed by atoms with Crippen LogP contribution in [-0.2, 0) is 6.54 Å². The molecule has 35 heavy (non-hydrogen) atoms. The Balaban J connectivity index is 1.12. The first-order valence-corrected chi connectivity index (χ1v) is 13.0. The zero-order valence-corrected chi connectivity index (χ0v) is 20.8. The zero-order valence-electron chi connectivity index (χ0n) is 20.0. The number of anilines is 1. The summed E-state index contributed by atoms with van der Waals surface area (Å²) in [6, 6.07) is 13.8. The van der Waals surface area contributed by atoms with Crippen LogP contribution in [0.15, 0.2) is 61.1 Å². The topological polar surface area (TPSA) is 61.4 Å². The third kappa shape index (κ3) is 6.00. The molecule has 182 valence electrons. The molecule has 2 saturated heterocycles. The Morgan fingerprint density at radius 2 is 1.83 bits per heavy atom. The first-order chi connectivity index (χ1) is 17.2. The van der Waals surface area contributed by atoms with Gasteiger partial charge < -0.3 is 10.2 Å². The second-order valence-corrected chi connectivity index (χ2v) is 9.94. The summed E-state index contributed by atoms with van der Waals surface area (Å²) in [5, 5.41) is 3.83. The molecule has 1 N–H and O–H groups in total. The quantitative estimate of drug-likeness (QED) is 0.516. The molecule has 0 unspecified atom stereocenters. The summed E-state index contributed by atoms with van der Waals surface area (Å²) in [6.45, 7) is 5.05. The van der Waals surface area contributed by atoms with E-state index in [1.54, 1.807) is 24.5 Å². The minimum absolute atomic E-state index is 0.0530. The van der Waals surface area contributed by atoms with Gasteiger partial charge in [0.05, 0.1) is 0 Å². The maximum Gasteiger partial charge on any atom is 0.251 e. The number of aromatic nitrogens is 2. The highest BCUT2D eigenvalue weighted by Gasteiger charge is 2.22. The van der Waals surface area contributed by atoms with Gasteiger partial charge >= 0.3 is 0 Å². The second kappa shape index (κ2) is 11.2. The fraction of sp³-hybridized carbons (Fsp3) is 0.393. The van der Waals surface area contributed by atoms with Crippen LogP contribution in [0.25, 0.3) is 11.1 Å². The van der Waals surface area contributed by atoms with Crippen LogP contribution in [0.3, 0.4) is 0 Å². The van der Waals surface area contributed by atoms with E-state index < -0.39 is 0 Å². The van der Waals surface area contributed by atoms with Crippen LogP contribution in [0.5, 0.6) is 0 Å². The Morgan fingerprint density at radius 3 is 2.54 bits per heavy atom. The molecule has 5 rings (SSSR count). The number of hydrogen-bond donors (Lipinski definition) is 1. The van der Waals surface area contributed by atoms with Crippen molar-refractivity contribution in [2.45, 2.75) is 44.7 Å². The molecule has 4 heterocycles. The molecule has 3 aromatic rings. The van der Waals surface area contributed by atoms with Gasteiger partial charge in [0.2, 0.25) is 0 Å². The average Bonchev–Trinajstić information content (AvgIpc) is 2.91. The van der Waals surface area contributed by atoms with Crippen LogP contribution in [-0.4, -0.2) is 53.0 Å². The molecule has 2 fully saturated rings. The van der Waals surface area contributed by atoms with Crippen molar-refractivity contribution in [2.24, 2.45) is 0 Å². The SMILES string of the molecule is O=C(NC1CCN(Cc2ccc(N3CCCCC3)nc2)CC1)c1ccc(Cl)c(-c2cccnc2)c1. The van der Waals surface area contributed by atoms with Crippen molar-refractivity contribution in [3.05, 3.63) is 77.2 Å². The van der Waals surface area contributed by atoms with Crippen molar-refractivity contribution in [2.75, 3.05) is 31.1 Å². The first-order valence-electron chi connectivity index (χ1n) is 12.6. The number of halogens is 1. The number of carbonyl (C=O) groups is 1. The Labute approximate surface area is 212 Å². The molecule has 1 amide bonds. The second-order valence-electron chi connectivity index (χ2n) is 9.53. The molecule has 0 radical (unpaired) electrons. The summed E-state index contributed by atoms with van der Waals surface area (Å²) in [5.41, 5.74) is 3.59. The lowest BCUT2D eigenvalue weighted by atomic mass is 10.0. The predicted octanol–water partition coefficient (Wildman–Crippen LogP) is 5.18. The normalized spacial score (nSPS) is 17.3. The van der Waals surface area contributed by atoms with E-state index in [1.165, 1.54) is 24.8 Å². The summed E-state index contributed by atoms with van der Waals surface area (Å²) >= 11 is 6.39. The summed E-state index contributed by atoms with van der Waals surface area (Å²) in [7, 11) is 0. The molecular weight excluding hydrogens is 458 g/mol. The Kier molecular flexibility index (Phi) is 7.60. The van der Waals surface area contributed by atoms with Gasteiger partial charge in [-0.25, -0.2) is 4.98 Å². The van der Waals surface area contributed by atoms with Gasteiger partial charge in [0, 0.05) is 79.1 Å². The van der Waals surface area contributed by atoms with Gasteiger partial charge in [0.1, 0.15) is 5.82 Å². The maximum absolute atomic E-state index is 12.9. The molecule has 0 bridgehead atoms. The average molecular weight is 490 g/mol. The Bertz CT molecular complexity index is 1120. The van der Waals surface area contributed by atoms with E-state index in [0.717, 1.165) is 62.5 Å². The highest BCUT2D eigenvalue weighted by molar-refractivity contribution is 6.33. The number of hydrogen-bond acceptors (Lipinski definition) is 5. The maximum atomic E-state index is 12.9. The van der Waals surface area contributed by atoms with E-state index >= 15 is 0 Å². The van der Waals surface area contributed by atoms with Crippen LogP contribution in [0.1, 0.15) is 48.0 Å². The van der Waals surface area contributed by atoms with Crippen molar-refractivity contribution >= 4 is 23.3 Å².